The number of rotatable bonds is 7. The Hall–Kier alpha value is -2.90. The lowest BCUT2D eigenvalue weighted by Crippen LogP contribution is -2.44. The van der Waals surface area contributed by atoms with Crippen LogP contribution in [0.5, 0.6) is 5.75 Å². The Bertz CT molecular complexity index is 844. The minimum atomic E-state index is -0.208. The highest BCUT2D eigenvalue weighted by atomic mass is 16.5. The number of hydrogen-bond donors (Lipinski definition) is 2. The fourth-order valence-corrected chi connectivity index (χ4v) is 3.57. The van der Waals surface area contributed by atoms with Crippen LogP contribution < -0.4 is 15.4 Å². The van der Waals surface area contributed by atoms with Gasteiger partial charge in [0.25, 0.3) is 5.91 Å². The summed E-state index contributed by atoms with van der Waals surface area (Å²) in [5.41, 5.74) is 1.89. The van der Waals surface area contributed by atoms with Gasteiger partial charge in [0.2, 0.25) is 5.91 Å². The molecule has 3 rings (SSSR count). The van der Waals surface area contributed by atoms with Gasteiger partial charge in [-0.2, -0.15) is 0 Å². The van der Waals surface area contributed by atoms with E-state index in [1.54, 1.807) is 55.6 Å². The van der Waals surface area contributed by atoms with Crippen molar-refractivity contribution in [3.63, 3.8) is 0 Å². The van der Waals surface area contributed by atoms with Crippen LogP contribution in [0.2, 0.25) is 0 Å². The zero-order chi connectivity index (χ0) is 21.5. The Balaban J connectivity index is 1.49. The summed E-state index contributed by atoms with van der Waals surface area (Å²) in [5, 5.41) is 5.76. The van der Waals surface area contributed by atoms with Gasteiger partial charge in [-0.15, -0.1) is 0 Å². The van der Waals surface area contributed by atoms with Crippen molar-refractivity contribution in [3.8, 4) is 5.75 Å². The first kappa shape index (κ1) is 21.8. The molecule has 0 radical (unpaired) electrons. The van der Waals surface area contributed by atoms with Crippen molar-refractivity contribution in [2.24, 2.45) is 0 Å². The number of hydrogen-bond acceptors (Lipinski definition) is 5. The number of likely N-dealkylation sites (N-methyl/N-ethyl adjacent to an activating group) is 1. The quantitative estimate of drug-likeness (QED) is 0.734. The topological polar surface area (TPSA) is 73.9 Å². The average molecular weight is 411 g/mol. The summed E-state index contributed by atoms with van der Waals surface area (Å²) in [7, 11) is 5.73. The van der Waals surface area contributed by atoms with E-state index in [1.807, 2.05) is 7.05 Å². The summed E-state index contributed by atoms with van der Waals surface area (Å²) >= 11 is 0. The van der Waals surface area contributed by atoms with Crippen LogP contribution in [0.25, 0.3) is 0 Å². The van der Waals surface area contributed by atoms with E-state index in [1.165, 1.54) is 0 Å². The van der Waals surface area contributed by atoms with E-state index in [4.69, 9.17) is 4.74 Å². The van der Waals surface area contributed by atoms with Gasteiger partial charge in [0.05, 0.1) is 13.7 Å². The van der Waals surface area contributed by atoms with Crippen molar-refractivity contribution >= 4 is 23.2 Å². The van der Waals surface area contributed by atoms with Crippen LogP contribution in [-0.2, 0) is 4.79 Å². The van der Waals surface area contributed by atoms with E-state index in [0.717, 1.165) is 31.7 Å². The van der Waals surface area contributed by atoms with Crippen LogP contribution in [0.15, 0.2) is 48.5 Å². The molecule has 1 saturated heterocycles. The number of nitrogens with zero attached hydrogens (tertiary/aromatic N) is 2. The molecule has 160 valence electrons. The molecule has 1 heterocycles. The zero-order valence-corrected chi connectivity index (χ0v) is 17.9. The minimum Gasteiger partial charge on any atom is -0.497 e. The number of benzene rings is 2. The van der Waals surface area contributed by atoms with E-state index < -0.39 is 0 Å². The van der Waals surface area contributed by atoms with E-state index in [9.17, 15) is 9.59 Å². The van der Waals surface area contributed by atoms with E-state index in [0.29, 0.717) is 29.5 Å². The lowest BCUT2D eigenvalue weighted by molar-refractivity contribution is -0.117. The predicted molar refractivity (Wildman–Crippen MR) is 119 cm³/mol. The first-order valence-corrected chi connectivity index (χ1v) is 10.2. The lowest BCUT2D eigenvalue weighted by Gasteiger charge is -2.34. The molecule has 2 amide bonds. The molecule has 0 bridgehead atoms. The normalized spacial score (nSPS) is 15.1. The van der Waals surface area contributed by atoms with E-state index in [-0.39, 0.29) is 11.8 Å². The molecule has 1 fully saturated rings. The molecule has 1 aliphatic heterocycles. The summed E-state index contributed by atoms with van der Waals surface area (Å²) in [6.45, 7) is 2.49. The Kier molecular flexibility index (Phi) is 7.43. The van der Waals surface area contributed by atoms with Gasteiger partial charge in [-0.25, -0.2) is 0 Å². The zero-order valence-electron chi connectivity index (χ0n) is 17.9. The second-order valence-corrected chi connectivity index (χ2v) is 7.76. The van der Waals surface area contributed by atoms with Gasteiger partial charge in [0.1, 0.15) is 5.75 Å². The number of anilines is 2. The molecular weight excluding hydrogens is 380 g/mol. The van der Waals surface area contributed by atoms with Crippen molar-refractivity contribution in [2.75, 3.05) is 51.5 Å². The first-order valence-electron chi connectivity index (χ1n) is 10.2. The fraction of sp³-hybridized carbons (Fsp3) is 0.391. The number of piperidine rings is 1. The highest BCUT2D eigenvalue weighted by Crippen LogP contribution is 2.17. The predicted octanol–water partition coefficient (Wildman–Crippen LogP) is 2.91. The molecule has 0 atom stereocenters. The van der Waals surface area contributed by atoms with Crippen LogP contribution in [-0.4, -0.2) is 68.5 Å². The van der Waals surface area contributed by atoms with Crippen molar-refractivity contribution in [1.82, 2.24) is 9.80 Å². The van der Waals surface area contributed by atoms with Crippen LogP contribution in [0.3, 0.4) is 0 Å². The fourth-order valence-electron chi connectivity index (χ4n) is 3.57. The standard InChI is InChI=1S/C23H30N4O3/c1-26-14-12-20(13-15-26)27(2)16-22(28)24-18-6-4-17(5-7-18)23(29)25-19-8-10-21(30-3)11-9-19/h4-11,20H,12-16H2,1-3H3,(H,24,28)(H,25,29). The second-order valence-electron chi connectivity index (χ2n) is 7.76. The molecular formula is C23H30N4O3. The van der Waals surface area contributed by atoms with Gasteiger partial charge < -0.3 is 20.3 Å². The van der Waals surface area contributed by atoms with Crippen LogP contribution >= 0.6 is 0 Å². The molecule has 1 aliphatic rings. The van der Waals surface area contributed by atoms with Gasteiger partial charge in [-0.1, -0.05) is 0 Å². The number of carbonyl (C=O) groups excluding carboxylic acids is 2. The van der Waals surface area contributed by atoms with Crippen LogP contribution in [0.1, 0.15) is 23.2 Å². The molecule has 2 aromatic rings. The molecule has 2 aromatic carbocycles. The van der Waals surface area contributed by atoms with E-state index >= 15 is 0 Å². The molecule has 0 aliphatic carbocycles. The highest BCUT2D eigenvalue weighted by Gasteiger charge is 2.22. The summed E-state index contributed by atoms with van der Waals surface area (Å²) in [5.74, 6) is 0.474. The van der Waals surface area contributed by atoms with Gasteiger partial charge in [-0.05, 0) is 88.6 Å². The van der Waals surface area contributed by atoms with E-state index in [2.05, 4.69) is 27.5 Å². The number of carbonyl (C=O) groups is 2. The maximum absolute atomic E-state index is 12.4. The van der Waals surface area contributed by atoms with Crippen molar-refractivity contribution in [3.05, 3.63) is 54.1 Å². The molecule has 0 unspecified atom stereocenters. The van der Waals surface area contributed by atoms with Crippen molar-refractivity contribution in [1.29, 1.82) is 0 Å². The minimum absolute atomic E-state index is 0.0492. The van der Waals surface area contributed by atoms with Crippen molar-refractivity contribution in [2.45, 2.75) is 18.9 Å². The summed E-state index contributed by atoms with van der Waals surface area (Å²) < 4.78 is 5.11. The number of likely N-dealkylation sites (tertiary alicyclic amines) is 1. The van der Waals surface area contributed by atoms with Crippen LogP contribution in [0, 0.1) is 0 Å². The summed E-state index contributed by atoms with van der Waals surface area (Å²) in [6, 6.07) is 14.5. The Labute approximate surface area is 178 Å². The van der Waals surface area contributed by atoms with Crippen LogP contribution in [0.4, 0.5) is 11.4 Å². The number of amides is 2. The Morgan fingerprint density at radius 1 is 1.00 bits per heavy atom. The van der Waals surface area contributed by atoms with Gasteiger partial charge in [-0.3, -0.25) is 14.5 Å². The first-order chi connectivity index (χ1) is 14.4. The summed E-state index contributed by atoms with van der Waals surface area (Å²) in [4.78, 5) is 29.2. The Morgan fingerprint density at radius 2 is 1.57 bits per heavy atom. The smallest absolute Gasteiger partial charge is 0.255 e. The highest BCUT2D eigenvalue weighted by molar-refractivity contribution is 6.04. The maximum Gasteiger partial charge on any atom is 0.255 e. The molecule has 2 N–H and O–H groups in total. The maximum atomic E-state index is 12.4. The summed E-state index contributed by atoms with van der Waals surface area (Å²) in [6.07, 6.45) is 2.16. The average Bonchev–Trinajstić information content (AvgIpc) is 2.75. The number of nitrogens with one attached hydrogen (secondary N) is 2. The largest absolute Gasteiger partial charge is 0.497 e. The third-order valence-electron chi connectivity index (χ3n) is 5.48. The monoisotopic (exact) mass is 410 g/mol. The third-order valence-corrected chi connectivity index (χ3v) is 5.48. The molecule has 0 saturated carbocycles. The van der Waals surface area contributed by atoms with Gasteiger partial charge in [0.15, 0.2) is 0 Å². The van der Waals surface area contributed by atoms with Crippen molar-refractivity contribution < 1.29 is 14.3 Å². The molecule has 0 spiro atoms. The molecule has 0 aromatic heterocycles. The lowest BCUT2D eigenvalue weighted by atomic mass is 10.0. The molecule has 7 nitrogen and oxygen atoms in total. The third kappa shape index (κ3) is 6.05. The molecule has 7 heteroatoms. The Morgan fingerprint density at radius 3 is 2.17 bits per heavy atom. The molecule has 30 heavy (non-hydrogen) atoms. The van der Waals surface area contributed by atoms with Gasteiger partial charge >= 0.3 is 0 Å². The number of methoxy groups -OCH3 is 1. The second kappa shape index (κ2) is 10.2. The van der Waals surface area contributed by atoms with Gasteiger partial charge in [0, 0.05) is 23.0 Å². The number of ether oxygens (including phenoxy) is 1. The SMILES string of the molecule is COc1ccc(NC(=O)c2ccc(NC(=O)CN(C)C3CCN(C)CC3)cc2)cc1.